The van der Waals surface area contributed by atoms with Gasteiger partial charge in [-0.15, -0.1) is 0 Å². The predicted octanol–water partition coefficient (Wildman–Crippen LogP) is -2.91. The van der Waals surface area contributed by atoms with Crippen LogP contribution in [0.5, 0.6) is 0 Å². The summed E-state index contributed by atoms with van der Waals surface area (Å²) < 4.78 is 0. The van der Waals surface area contributed by atoms with E-state index in [1.165, 1.54) is 0 Å². The fourth-order valence-electron chi connectivity index (χ4n) is 0.194. The van der Waals surface area contributed by atoms with Crippen LogP contribution in [-0.2, 0) is 9.59 Å². The molecule has 0 saturated carbocycles. The Morgan fingerprint density at radius 3 is 1.20 bits per heavy atom. The van der Waals surface area contributed by atoms with Gasteiger partial charge in [-0.25, -0.2) is 9.59 Å². The molecular formula is C4H2O6-2. The first-order valence-electron chi connectivity index (χ1n) is 2.01. The fourth-order valence-corrected chi connectivity index (χ4v) is 0.194. The van der Waals surface area contributed by atoms with E-state index in [0.717, 1.165) is 0 Å². The van der Waals surface area contributed by atoms with Crippen molar-refractivity contribution in [2.75, 3.05) is 0 Å². The number of carboxylic acids is 2. The smallest absolute Gasteiger partial charge is 0.320 e. The Hall–Kier alpha value is -1.72. The van der Waals surface area contributed by atoms with Gasteiger partial charge in [-0.2, -0.15) is 0 Å². The van der Waals surface area contributed by atoms with Crippen LogP contribution in [0.3, 0.4) is 0 Å². The van der Waals surface area contributed by atoms with Crippen LogP contribution in [0.2, 0.25) is 0 Å². The lowest BCUT2D eigenvalue weighted by atomic mass is 10.4. The Morgan fingerprint density at radius 2 is 1.10 bits per heavy atom. The van der Waals surface area contributed by atoms with Crippen molar-refractivity contribution in [3.05, 3.63) is 11.5 Å². The summed E-state index contributed by atoms with van der Waals surface area (Å²) in [6.07, 6.45) is 0. The highest BCUT2D eigenvalue weighted by Crippen LogP contribution is 1.88. The molecule has 0 aromatic rings. The van der Waals surface area contributed by atoms with E-state index in [-0.39, 0.29) is 0 Å². The molecule has 56 valence electrons. The predicted molar refractivity (Wildman–Crippen MR) is 22.3 cm³/mol. The molecule has 6 nitrogen and oxygen atoms in total. The molecular weight excluding hydrogens is 144 g/mol. The van der Waals surface area contributed by atoms with E-state index >= 15 is 0 Å². The minimum Gasteiger partial charge on any atom is -0.868 e. The first-order valence-corrected chi connectivity index (χ1v) is 2.01. The normalized spacial score (nSPS) is 12.0. The van der Waals surface area contributed by atoms with E-state index in [1.54, 1.807) is 0 Å². The van der Waals surface area contributed by atoms with Gasteiger partial charge in [0.05, 0.1) is 0 Å². The first kappa shape index (κ1) is 8.28. The second-order valence-corrected chi connectivity index (χ2v) is 1.27. The van der Waals surface area contributed by atoms with Crippen molar-refractivity contribution in [1.82, 2.24) is 0 Å². The summed E-state index contributed by atoms with van der Waals surface area (Å²) in [4.78, 5) is 19.2. The van der Waals surface area contributed by atoms with Crippen LogP contribution < -0.4 is 10.2 Å². The second kappa shape index (κ2) is 2.72. The summed E-state index contributed by atoms with van der Waals surface area (Å²) in [6.45, 7) is 0. The summed E-state index contributed by atoms with van der Waals surface area (Å²) >= 11 is 0. The van der Waals surface area contributed by atoms with Gasteiger partial charge in [0.2, 0.25) is 0 Å². The van der Waals surface area contributed by atoms with E-state index in [4.69, 9.17) is 10.2 Å². The topological polar surface area (TPSA) is 121 Å². The monoisotopic (exact) mass is 146 g/mol. The summed E-state index contributed by atoms with van der Waals surface area (Å²) in [5.74, 6) is -8.00. The maximum Gasteiger partial charge on any atom is 0.320 e. The van der Waals surface area contributed by atoms with Gasteiger partial charge in [0.1, 0.15) is 0 Å². The van der Waals surface area contributed by atoms with Gasteiger partial charge < -0.3 is 20.4 Å². The van der Waals surface area contributed by atoms with Crippen LogP contribution >= 0.6 is 0 Å². The highest BCUT2D eigenvalue weighted by Gasteiger charge is 2.00. The van der Waals surface area contributed by atoms with Crippen LogP contribution in [0, 0.1) is 0 Å². The van der Waals surface area contributed by atoms with E-state index in [1.807, 2.05) is 0 Å². The highest BCUT2D eigenvalue weighted by atomic mass is 16.4. The lowest BCUT2D eigenvalue weighted by Gasteiger charge is -2.14. The minimum atomic E-state index is -2.06. The van der Waals surface area contributed by atoms with Gasteiger partial charge in [0.15, 0.2) is 0 Å². The number of hydrogen-bond donors (Lipinski definition) is 2. The van der Waals surface area contributed by atoms with Crippen molar-refractivity contribution < 1.29 is 30.0 Å². The molecule has 0 aromatic carbocycles. The minimum absolute atomic E-state index is 1.94. The molecule has 0 aliphatic heterocycles. The summed E-state index contributed by atoms with van der Waals surface area (Å²) in [6, 6.07) is 0. The van der Waals surface area contributed by atoms with E-state index in [0.29, 0.717) is 0 Å². The first-order chi connectivity index (χ1) is 4.46. The molecule has 2 N–H and O–H groups in total. The second-order valence-electron chi connectivity index (χ2n) is 1.27. The maximum atomic E-state index is 9.95. The van der Waals surface area contributed by atoms with Crippen molar-refractivity contribution in [2.24, 2.45) is 0 Å². The molecule has 0 aromatic heterocycles. The number of aliphatic carboxylic acids is 2. The summed E-state index contributed by atoms with van der Waals surface area (Å²) in [5, 5.41) is 35.4. The molecule has 0 aliphatic rings. The molecule has 0 rings (SSSR count). The van der Waals surface area contributed by atoms with Crippen molar-refractivity contribution in [2.45, 2.75) is 0 Å². The molecule has 0 bridgehead atoms. The molecule has 0 fully saturated rings. The SMILES string of the molecule is O=C(O)/C([O-])=C(\[O-])C(=O)O. The van der Waals surface area contributed by atoms with Crippen molar-refractivity contribution in [1.29, 1.82) is 0 Å². The van der Waals surface area contributed by atoms with Crippen LogP contribution in [0.15, 0.2) is 11.5 Å². The Bertz CT molecular complexity index is 180. The van der Waals surface area contributed by atoms with Gasteiger partial charge in [-0.05, 0) is 11.5 Å². The molecule has 0 spiro atoms. The molecule has 0 amide bonds. The average molecular weight is 146 g/mol. The molecule has 0 aliphatic carbocycles. The zero-order valence-electron chi connectivity index (χ0n) is 4.53. The van der Waals surface area contributed by atoms with E-state index in [9.17, 15) is 19.8 Å². The molecule has 0 saturated heterocycles. The fraction of sp³-hybridized carbons (Fsp3) is 0. The van der Waals surface area contributed by atoms with Gasteiger partial charge in [0.25, 0.3) is 0 Å². The van der Waals surface area contributed by atoms with Crippen LogP contribution in [-0.4, -0.2) is 22.2 Å². The third-order valence-corrected chi connectivity index (χ3v) is 0.595. The molecule has 0 heterocycles. The van der Waals surface area contributed by atoms with Crippen molar-refractivity contribution in [3.8, 4) is 0 Å². The molecule has 10 heavy (non-hydrogen) atoms. The van der Waals surface area contributed by atoms with Gasteiger partial charge in [-0.1, -0.05) is 0 Å². The van der Waals surface area contributed by atoms with Gasteiger partial charge in [0, 0.05) is 0 Å². The summed E-state index contributed by atoms with van der Waals surface area (Å²) in [7, 11) is 0. The number of hydrogen-bond acceptors (Lipinski definition) is 4. The largest absolute Gasteiger partial charge is 0.868 e. The highest BCUT2D eigenvalue weighted by molar-refractivity contribution is 5.94. The van der Waals surface area contributed by atoms with Crippen LogP contribution in [0.1, 0.15) is 0 Å². The number of carbonyl (C=O) groups is 2. The summed E-state index contributed by atoms with van der Waals surface area (Å²) in [5.41, 5.74) is 0. The third kappa shape index (κ3) is 1.66. The van der Waals surface area contributed by atoms with Crippen molar-refractivity contribution in [3.63, 3.8) is 0 Å². The van der Waals surface area contributed by atoms with Gasteiger partial charge in [-0.3, -0.25) is 0 Å². The van der Waals surface area contributed by atoms with Crippen LogP contribution in [0.4, 0.5) is 0 Å². The number of rotatable bonds is 2. The van der Waals surface area contributed by atoms with E-state index in [2.05, 4.69) is 0 Å². The van der Waals surface area contributed by atoms with Gasteiger partial charge >= 0.3 is 11.9 Å². The Morgan fingerprint density at radius 1 is 0.900 bits per heavy atom. The lowest BCUT2D eigenvalue weighted by Crippen LogP contribution is -2.27. The zero-order chi connectivity index (χ0) is 8.31. The van der Waals surface area contributed by atoms with E-state index < -0.39 is 23.5 Å². The zero-order valence-corrected chi connectivity index (χ0v) is 4.53. The Labute approximate surface area is 54.6 Å². The molecule has 6 heteroatoms. The lowest BCUT2D eigenvalue weighted by molar-refractivity contribution is -0.353. The Kier molecular flexibility index (Phi) is 2.25. The maximum absolute atomic E-state index is 9.95. The quantitative estimate of drug-likeness (QED) is 0.318. The molecule has 0 atom stereocenters. The molecule has 0 unspecified atom stereocenters. The van der Waals surface area contributed by atoms with Crippen LogP contribution in [0.25, 0.3) is 0 Å². The standard InChI is InChI=1S/C4H4O6/c5-1(3(7)8)2(6)4(9)10/h5-6H,(H,7,8)(H,9,10)/p-2/b2-1+. The van der Waals surface area contributed by atoms with Crippen molar-refractivity contribution >= 4 is 11.9 Å². The third-order valence-electron chi connectivity index (χ3n) is 0.595. The average Bonchev–Trinajstić information content (AvgIpc) is 1.84. The number of carboxylic acid groups (broad SMARTS) is 2. The Balaban J connectivity index is 4.67. The molecule has 0 radical (unpaired) electrons.